The number of aliphatic hydroxyl groups excluding tert-OH is 1. The van der Waals surface area contributed by atoms with Gasteiger partial charge in [-0.05, 0) is 6.42 Å². The Labute approximate surface area is 72.6 Å². The number of ether oxygens (including phenoxy) is 1. The molecule has 3 nitrogen and oxygen atoms in total. The fourth-order valence-electron chi connectivity index (χ4n) is 1.87. The summed E-state index contributed by atoms with van der Waals surface area (Å²) in [7, 11) is 0. The van der Waals surface area contributed by atoms with Crippen LogP contribution in [0.4, 0.5) is 0 Å². The number of nitrogens with zero attached hydrogens (tertiary/aromatic N) is 1. The number of hydrogen-bond donors (Lipinski definition) is 1. The predicted molar refractivity (Wildman–Crippen MR) is 45.9 cm³/mol. The Balaban J connectivity index is 1.93. The molecule has 1 saturated heterocycles. The van der Waals surface area contributed by atoms with Crippen LogP contribution in [0.5, 0.6) is 0 Å². The van der Waals surface area contributed by atoms with Crippen LogP contribution in [0.2, 0.25) is 0 Å². The van der Waals surface area contributed by atoms with Gasteiger partial charge >= 0.3 is 0 Å². The molecule has 2 atom stereocenters. The third-order valence-corrected chi connectivity index (χ3v) is 2.57. The van der Waals surface area contributed by atoms with Crippen molar-refractivity contribution in [2.45, 2.75) is 18.6 Å². The van der Waals surface area contributed by atoms with Crippen molar-refractivity contribution in [2.24, 2.45) is 0 Å². The van der Waals surface area contributed by atoms with Gasteiger partial charge in [0.05, 0.1) is 25.4 Å². The molecule has 3 heteroatoms. The summed E-state index contributed by atoms with van der Waals surface area (Å²) in [5, 5.41) is 9.60. The second-order valence-electron chi connectivity index (χ2n) is 3.37. The third kappa shape index (κ3) is 1.53. The Kier molecular flexibility index (Phi) is 2.44. The van der Waals surface area contributed by atoms with E-state index in [1.807, 2.05) is 0 Å². The highest BCUT2D eigenvalue weighted by Gasteiger charge is 2.27. The molecule has 12 heavy (non-hydrogen) atoms. The smallest absolute Gasteiger partial charge is 0.0765 e. The van der Waals surface area contributed by atoms with E-state index in [0.29, 0.717) is 0 Å². The maximum absolute atomic E-state index is 9.60. The van der Waals surface area contributed by atoms with Crippen molar-refractivity contribution in [2.75, 3.05) is 26.3 Å². The topological polar surface area (TPSA) is 32.7 Å². The first-order chi connectivity index (χ1) is 5.88. The monoisotopic (exact) mass is 169 g/mol. The summed E-state index contributed by atoms with van der Waals surface area (Å²) in [4.78, 5) is 2.29. The van der Waals surface area contributed by atoms with E-state index in [9.17, 15) is 5.11 Å². The Morgan fingerprint density at radius 1 is 1.33 bits per heavy atom. The van der Waals surface area contributed by atoms with E-state index in [1.165, 1.54) is 0 Å². The first-order valence-corrected chi connectivity index (χ1v) is 4.54. The molecule has 1 N–H and O–H groups in total. The summed E-state index contributed by atoms with van der Waals surface area (Å²) in [6.07, 6.45) is 4.78. The minimum Gasteiger partial charge on any atom is -0.391 e. The fraction of sp³-hybridized carbons (Fsp3) is 0.778. The van der Waals surface area contributed by atoms with E-state index < -0.39 is 0 Å². The fourth-order valence-corrected chi connectivity index (χ4v) is 1.87. The van der Waals surface area contributed by atoms with Crippen LogP contribution in [0.1, 0.15) is 6.42 Å². The summed E-state index contributed by atoms with van der Waals surface area (Å²) in [6.45, 7) is 3.51. The number of rotatable bonds is 1. The SMILES string of the molecule is O[C@@H]1CC=C[C@H]1N1CCOCC1. The molecule has 0 bridgehead atoms. The quantitative estimate of drug-likeness (QED) is 0.561. The molecule has 0 aromatic rings. The first kappa shape index (κ1) is 8.23. The van der Waals surface area contributed by atoms with Crippen molar-refractivity contribution >= 4 is 0 Å². The predicted octanol–water partition coefficient (Wildman–Crippen LogP) is 0.00800. The Morgan fingerprint density at radius 3 is 2.67 bits per heavy atom. The molecule has 0 saturated carbocycles. The second-order valence-corrected chi connectivity index (χ2v) is 3.37. The Bertz CT molecular complexity index is 175. The van der Waals surface area contributed by atoms with Crippen molar-refractivity contribution in [1.82, 2.24) is 4.90 Å². The molecule has 2 aliphatic rings. The van der Waals surface area contributed by atoms with Crippen molar-refractivity contribution in [3.63, 3.8) is 0 Å². The highest BCUT2D eigenvalue weighted by molar-refractivity contribution is 5.07. The standard InChI is InChI=1S/C9H15NO2/c11-9-3-1-2-8(9)10-4-6-12-7-5-10/h1-2,8-9,11H,3-7H2/t8-,9-/m1/s1. The van der Waals surface area contributed by atoms with Gasteiger partial charge in [0.15, 0.2) is 0 Å². The average molecular weight is 169 g/mol. The van der Waals surface area contributed by atoms with Crippen LogP contribution in [0.3, 0.4) is 0 Å². The zero-order valence-corrected chi connectivity index (χ0v) is 7.15. The first-order valence-electron chi connectivity index (χ1n) is 4.54. The van der Waals surface area contributed by atoms with Crippen LogP contribution in [-0.4, -0.2) is 48.5 Å². The van der Waals surface area contributed by atoms with Gasteiger partial charge in [0.1, 0.15) is 0 Å². The minimum atomic E-state index is -0.192. The van der Waals surface area contributed by atoms with Gasteiger partial charge in [-0.15, -0.1) is 0 Å². The largest absolute Gasteiger partial charge is 0.391 e. The lowest BCUT2D eigenvalue weighted by atomic mass is 10.1. The zero-order chi connectivity index (χ0) is 8.39. The van der Waals surface area contributed by atoms with Gasteiger partial charge in [-0.2, -0.15) is 0 Å². The van der Waals surface area contributed by atoms with Gasteiger partial charge in [0.2, 0.25) is 0 Å². The number of morpholine rings is 1. The van der Waals surface area contributed by atoms with Crippen molar-refractivity contribution in [3.8, 4) is 0 Å². The van der Waals surface area contributed by atoms with Crippen LogP contribution in [0.25, 0.3) is 0 Å². The lowest BCUT2D eigenvalue weighted by molar-refractivity contribution is -0.00231. The molecule has 0 spiro atoms. The summed E-state index contributed by atoms with van der Waals surface area (Å²) < 4.78 is 5.25. The summed E-state index contributed by atoms with van der Waals surface area (Å²) in [5.41, 5.74) is 0. The normalized spacial score (nSPS) is 37.4. The van der Waals surface area contributed by atoms with E-state index in [1.54, 1.807) is 0 Å². The van der Waals surface area contributed by atoms with E-state index in [4.69, 9.17) is 4.74 Å². The molecule has 1 aliphatic carbocycles. The van der Waals surface area contributed by atoms with Crippen molar-refractivity contribution in [3.05, 3.63) is 12.2 Å². The maximum Gasteiger partial charge on any atom is 0.0765 e. The molecular formula is C9H15NO2. The van der Waals surface area contributed by atoms with Gasteiger partial charge in [-0.1, -0.05) is 12.2 Å². The van der Waals surface area contributed by atoms with Gasteiger partial charge < -0.3 is 9.84 Å². The van der Waals surface area contributed by atoms with Gasteiger partial charge in [0.25, 0.3) is 0 Å². The van der Waals surface area contributed by atoms with Crippen LogP contribution in [-0.2, 0) is 4.74 Å². The van der Waals surface area contributed by atoms with Crippen molar-refractivity contribution < 1.29 is 9.84 Å². The summed E-state index contributed by atoms with van der Waals surface area (Å²) in [6, 6.07) is 0.244. The van der Waals surface area contributed by atoms with E-state index in [-0.39, 0.29) is 12.1 Å². The molecule has 0 unspecified atom stereocenters. The summed E-state index contributed by atoms with van der Waals surface area (Å²) in [5.74, 6) is 0. The molecule has 1 fully saturated rings. The average Bonchev–Trinajstić information content (AvgIpc) is 2.53. The molecule has 2 rings (SSSR count). The molecule has 68 valence electrons. The van der Waals surface area contributed by atoms with E-state index >= 15 is 0 Å². The lowest BCUT2D eigenvalue weighted by Gasteiger charge is -2.33. The molecule has 0 aromatic heterocycles. The Hall–Kier alpha value is -0.380. The maximum atomic E-state index is 9.60. The summed E-state index contributed by atoms with van der Waals surface area (Å²) >= 11 is 0. The molecule has 0 radical (unpaired) electrons. The van der Waals surface area contributed by atoms with E-state index in [0.717, 1.165) is 32.7 Å². The van der Waals surface area contributed by atoms with Crippen LogP contribution < -0.4 is 0 Å². The number of aliphatic hydroxyl groups is 1. The number of hydrogen-bond acceptors (Lipinski definition) is 3. The molecule has 1 aliphatic heterocycles. The van der Waals surface area contributed by atoms with Gasteiger partial charge in [0, 0.05) is 13.1 Å². The molecule has 0 amide bonds. The van der Waals surface area contributed by atoms with Crippen LogP contribution in [0, 0.1) is 0 Å². The highest BCUT2D eigenvalue weighted by Crippen LogP contribution is 2.17. The van der Waals surface area contributed by atoms with E-state index in [2.05, 4.69) is 17.1 Å². The van der Waals surface area contributed by atoms with Crippen molar-refractivity contribution in [1.29, 1.82) is 0 Å². The zero-order valence-electron chi connectivity index (χ0n) is 7.15. The van der Waals surface area contributed by atoms with Gasteiger partial charge in [-0.25, -0.2) is 0 Å². The van der Waals surface area contributed by atoms with Crippen LogP contribution in [0.15, 0.2) is 12.2 Å². The lowest BCUT2D eigenvalue weighted by Crippen LogP contribution is -2.46. The minimum absolute atomic E-state index is 0.192. The molecule has 0 aromatic carbocycles. The highest BCUT2D eigenvalue weighted by atomic mass is 16.5. The molecular weight excluding hydrogens is 154 g/mol. The molecule has 1 heterocycles. The third-order valence-electron chi connectivity index (χ3n) is 2.57. The second kappa shape index (κ2) is 3.56. The van der Waals surface area contributed by atoms with Gasteiger partial charge in [-0.3, -0.25) is 4.90 Å². The Morgan fingerprint density at radius 2 is 2.08 bits per heavy atom. The van der Waals surface area contributed by atoms with Crippen LogP contribution >= 0.6 is 0 Å².